The molecule has 0 atom stereocenters. The molecule has 3 heterocycles. The molecule has 0 bridgehead atoms. The number of aromatic nitrogens is 4. The zero-order chi connectivity index (χ0) is 29.0. The Morgan fingerprint density at radius 2 is 1.90 bits per heavy atom. The molecule has 2 aromatic heterocycles. The van der Waals surface area contributed by atoms with Gasteiger partial charge >= 0.3 is 6.18 Å². The highest BCUT2D eigenvalue weighted by Crippen LogP contribution is 2.34. The molecule has 4 N–H and O–H groups in total. The molecule has 1 fully saturated rings. The fourth-order valence-electron chi connectivity index (χ4n) is 4.94. The molecule has 208 valence electrons. The highest BCUT2D eigenvalue weighted by Gasteiger charge is 2.34. The molecule has 1 aromatic carbocycles. The molecule has 0 unspecified atom stereocenters. The molecule has 0 saturated carbocycles. The Morgan fingerprint density at radius 3 is 2.50 bits per heavy atom. The second-order valence-electron chi connectivity index (χ2n) is 9.40. The van der Waals surface area contributed by atoms with Gasteiger partial charge in [-0.2, -0.15) is 28.6 Å². The van der Waals surface area contributed by atoms with Gasteiger partial charge in [-0.3, -0.25) is 14.3 Å². The van der Waals surface area contributed by atoms with Gasteiger partial charge < -0.3 is 16.4 Å². The van der Waals surface area contributed by atoms with Crippen molar-refractivity contribution >= 4 is 17.6 Å². The molecule has 4 rings (SSSR count). The van der Waals surface area contributed by atoms with Crippen LogP contribution >= 0.6 is 0 Å². The van der Waals surface area contributed by atoms with E-state index in [1.165, 1.54) is 29.2 Å². The predicted octanol–water partition coefficient (Wildman–Crippen LogP) is 3.33. The average molecular weight is 553 g/mol. The number of anilines is 1. The minimum absolute atomic E-state index is 0.0217. The number of rotatable bonds is 5. The Bertz CT molecular complexity index is 1530. The second kappa shape index (κ2) is 11.5. The van der Waals surface area contributed by atoms with Crippen LogP contribution in [0.2, 0.25) is 0 Å². The molecule has 40 heavy (non-hydrogen) atoms. The van der Waals surface area contributed by atoms with Crippen LogP contribution in [0, 0.1) is 23.2 Å². The van der Waals surface area contributed by atoms with Crippen LogP contribution in [0.5, 0.6) is 0 Å². The van der Waals surface area contributed by atoms with E-state index in [1.807, 2.05) is 0 Å². The van der Waals surface area contributed by atoms with Crippen molar-refractivity contribution in [1.82, 2.24) is 24.5 Å². The van der Waals surface area contributed by atoms with E-state index in [4.69, 9.17) is 11.5 Å². The lowest BCUT2D eigenvalue weighted by atomic mass is 10.0. The Labute approximate surface area is 228 Å². The third-order valence-electron chi connectivity index (χ3n) is 6.80. The van der Waals surface area contributed by atoms with Crippen molar-refractivity contribution in [3.8, 4) is 29.2 Å². The number of hydrogen-bond donors (Lipinski definition) is 2. The molecular formula is C27H27F3N8O2. The van der Waals surface area contributed by atoms with Gasteiger partial charge in [-0.05, 0) is 50.2 Å². The smallest absolute Gasteiger partial charge is 0.383 e. The minimum Gasteiger partial charge on any atom is -0.383 e. The summed E-state index contributed by atoms with van der Waals surface area (Å²) in [7, 11) is 0. The Morgan fingerprint density at radius 1 is 1.20 bits per heavy atom. The Balaban J connectivity index is 1.60. The van der Waals surface area contributed by atoms with Crippen molar-refractivity contribution in [2.45, 2.75) is 51.4 Å². The number of nitrogens with two attached hydrogens (primary N) is 2. The van der Waals surface area contributed by atoms with Crippen LogP contribution in [-0.2, 0) is 17.5 Å². The van der Waals surface area contributed by atoms with E-state index in [1.54, 1.807) is 22.6 Å². The van der Waals surface area contributed by atoms with Crippen molar-refractivity contribution < 1.29 is 22.8 Å². The minimum atomic E-state index is -4.68. The number of halogens is 3. The van der Waals surface area contributed by atoms with Crippen molar-refractivity contribution in [3.05, 3.63) is 52.8 Å². The van der Waals surface area contributed by atoms with Crippen molar-refractivity contribution in [1.29, 1.82) is 5.26 Å². The fraction of sp³-hybridized carbons (Fsp3) is 0.370. The van der Waals surface area contributed by atoms with Crippen LogP contribution in [0.15, 0.2) is 30.6 Å². The number of alkyl halides is 3. The van der Waals surface area contributed by atoms with Gasteiger partial charge in [0, 0.05) is 24.8 Å². The van der Waals surface area contributed by atoms with Crippen LogP contribution in [0.1, 0.15) is 65.7 Å². The van der Waals surface area contributed by atoms with E-state index >= 15 is 0 Å². The molecule has 1 saturated heterocycles. The first kappa shape index (κ1) is 28.2. The maximum atomic E-state index is 13.4. The maximum Gasteiger partial charge on any atom is 0.417 e. The van der Waals surface area contributed by atoms with Crippen molar-refractivity contribution in [2.75, 3.05) is 18.8 Å². The highest BCUT2D eigenvalue weighted by molar-refractivity contribution is 6.03. The van der Waals surface area contributed by atoms with E-state index in [9.17, 15) is 28.0 Å². The van der Waals surface area contributed by atoms with E-state index in [-0.39, 0.29) is 41.1 Å². The molecule has 2 amide bonds. The normalized spacial score (nSPS) is 14.5. The summed E-state index contributed by atoms with van der Waals surface area (Å²) in [5, 5.41) is 18.2. The van der Waals surface area contributed by atoms with Gasteiger partial charge in [0.2, 0.25) is 0 Å². The van der Waals surface area contributed by atoms with Crippen LogP contribution in [-0.4, -0.2) is 49.4 Å². The van der Waals surface area contributed by atoms with Gasteiger partial charge in [0.05, 0.1) is 29.9 Å². The van der Waals surface area contributed by atoms with Crippen LogP contribution < -0.4 is 11.5 Å². The number of primary amides is 1. The summed E-state index contributed by atoms with van der Waals surface area (Å²) in [6, 6.07) is 5.02. The number of nitriles is 1. The first-order valence-electron chi connectivity index (χ1n) is 12.6. The van der Waals surface area contributed by atoms with Crippen molar-refractivity contribution in [2.24, 2.45) is 5.73 Å². The predicted molar refractivity (Wildman–Crippen MR) is 139 cm³/mol. The third-order valence-corrected chi connectivity index (χ3v) is 6.80. The van der Waals surface area contributed by atoms with Gasteiger partial charge in [0.25, 0.3) is 11.8 Å². The summed E-state index contributed by atoms with van der Waals surface area (Å²) >= 11 is 0. The maximum absolute atomic E-state index is 13.4. The average Bonchev–Trinajstić information content (AvgIpc) is 3.47. The molecule has 0 radical (unpaired) electrons. The highest BCUT2D eigenvalue weighted by atomic mass is 19.4. The Kier molecular flexibility index (Phi) is 8.14. The lowest BCUT2D eigenvalue weighted by Gasteiger charge is -2.27. The summed E-state index contributed by atoms with van der Waals surface area (Å²) in [5.41, 5.74) is 11.3. The van der Waals surface area contributed by atoms with E-state index < -0.39 is 23.2 Å². The molecular weight excluding hydrogens is 525 g/mol. The number of likely N-dealkylation sites (tertiary alicyclic amines) is 1. The number of carbonyl (C=O) groups excluding carboxylic acids is 2. The number of benzene rings is 1. The summed E-state index contributed by atoms with van der Waals surface area (Å²) < 4.78 is 43.0. The topological polar surface area (TPSA) is 149 Å². The summed E-state index contributed by atoms with van der Waals surface area (Å²) in [5.74, 6) is 4.31. The standard InChI is InChI=1S/C27H27F3N8O2/c1-2-6-22(39)36-11-4-8-19(9-5-12-36)38-25(32)23(26(33)40)24(35-38)18-14-34-37(16-18)15-17-7-3-10-21(20(17)13-31)27(28,29)30/h3,7,10,14,16,19H,4-5,8-9,11-12,15,32H2,1H3,(H2,33,40). The quantitative estimate of drug-likeness (QED) is 0.464. The van der Waals surface area contributed by atoms with Gasteiger partial charge in [-0.15, -0.1) is 0 Å². The number of carbonyl (C=O) groups is 2. The van der Waals surface area contributed by atoms with Crippen LogP contribution in [0.3, 0.4) is 0 Å². The first-order chi connectivity index (χ1) is 19.0. The largest absolute Gasteiger partial charge is 0.417 e. The van der Waals surface area contributed by atoms with Crippen LogP contribution in [0.4, 0.5) is 19.0 Å². The summed E-state index contributed by atoms with van der Waals surface area (Å²) in [6.45, 7) is 2.57. The number of nitrogens with zero attached hydrogens (tertiary/aromatic N) is 6. The molecule has 13 heteroatoms. The van der Waals surface area contributed by atoms with Gasteiger partial charge in [-0.1, -0.05) is 18.1 Å². The number of hydrogen-bond acceptors (Lipinski definition) is 6. The monoisotopic (exact) mass is 552 g/mol. The first-order valence-corrected chi connectivity index (χ1v) is 12.6. The lowest BCUT2D eigenvalue weighted by molar-refractivity contribution is -0.137. The molecule has 10 nitrogen and oxygen atoms in total. The fourth-order valence-corrected chi connectivity index (χ4v) is 4.94. The van der Waals surface area contributed by atoms with E-state index in [2.05, 4.69) is 22.0 Å². The van der Waals surface area contributed by atoms with Gasteiger partial charge in [-0.25, -0.2) is 4.68 Å². The number of amides is 2. The van der Waals surface area contributed by atoms with Crippen molar-refractivity contribution in [3.63, 3.8) is 0 Å². The molecule has 0 aliphatic carbocycles. The summed E-state index contributed by atoms with van der Waals surface area (Å²) in [4.78, 5) is 26.3. The zero-order valence-corrected chi connectivity index (χ0v) is 21.7. The molecule has 0 spiro atoms. The summed E-state index contributed by atoms with van der Waals surface area (Å²) in [6.07, 6.45) is 0.907. The molecule has 3 aromatic rings. The lowest BCUT2D eigenvalue weighted by Crippen LogP contribution is -2.34. The number of nitrogen functional groups attached to an aromatic ring is 1. The van der Waals surface area contributed by atoms with Crippen LogP contribution in [0.25, 0.3) is 11.3 Å². The third kappa shape index (κ3) is 5.78. The van der Waals surface area contributed by atoms with E-state index in [0.717, 1.165) is 6.07 Å². The Hall–Kier alpha value is -4.78. The zero-order valence-electron chi connectivity index (χ0n) is 21.7. The second-order valence-corrected chi connectivity index (χ2v) is 9.40. The van der Waals surface area contributed by atoms with Gasteiger partial charge in [0.15, 0.2) is 0 Å². The molecule has 1 aliphatic rings. The molecule has 1 aliphatic heterocycles. The SMILES string of the molecule is CC#CC(=O)N1CCCC(n2nc(-c3cnn(Cc4cccc(C(F)(F)F)c4C#N)c3)c(C(N)=O)c2N)CCC1. The van der Waals surface area contributed by atoms with E-state index in [0.29, 0.717) is 44.3 Å². The van der Waals surface area contributed by atoms with Gasteiger partial charge in [0.1, 0.15) is 23.1 Å².